The number of carbonyl (C=O) groups is 5. The normalized spacial score (nSPS) is 15.3. The molecule has 90 heavy (non-hydrogen) atoms. The average Bonchev–Trinajstić information content (AvgIpc) is 0.801. The molecule has 476 valence electrons. The molecule has 6 aromatic rings. The molecular weight excluding hydrogens is 1210 g/mol. The molecule has 0 unspecified atom stereocenters. The molecule has 2 aliphatic rings. The second-order valence-corrected chi connectivity index (χ2v) is 26.7. The number of quaternary nitrogens is 1. The number of hydrogen-bond donors (Lipinski definition) is 2. The van der Waals surface area contributed by atoms with Crippen LogP contribution in [-0.2, 0) is 71.1 Å². The molecular formula is C67H76ClN6O14S2+. The second-order valence-electron chi connectivity index (χ2n) is 24.3. The monoisotopic (exact) mass is 1290 g/mol. The number of carbonyl (C=O) groups excluding carboxylic acids is 5. The topological polar surface area (TPSA) is 221 Å². The third kappa shape index (κ3) is 18.1. The van der Waals surface area contributed by atoms with Crippen LogP contribution < -0.4 is 34.3 Å². The Morgan fingerprint density at radius 3 is 1.83 bits per heavy atom. The fourth-order valence-electron chi connectivity index (χ4n) is 9.19. The van der Waals surface area contributed by atoms with E-state index in [2.05, 4.69) is 34.9 Å². The van der Waals surface area contributed by atoms with Crippen LogP contribution in [0.15, 0.2) is 137 Å². The minimum Gasteiger partial charge on any atom is -0.497 e. The maximum absolute atomic E-state index is 14.4. The van der Waals surface area contributed by atoms with Crippen molar-refractivity contribution < 1.29 is 71.2 Å². The van der Waals surface area contributed by atoms with Crippen molar-refractivity contribution in [1.82, 2.24) is 15.2 Å². The van der Waals surface area contributed by atoms with Crippen molar-refractivity contribution in [3.8, 4) is 28.7 Å². The van der Waals surface area contributed by atoms with Gasteiger partial charge in [0.25, 0.3) is 11.8 Å². The average molecular weight is 1290 g/mol. The standard InChI is InChI=1S/C67H75ClN6O14S2/c1-65(2,3)86-62(78)67(7,8)88-72-54(51-40-90-63(69-51)71-64(79)87-66(4,5)6)58(75)70-55-59(76)73-56(61(77)85-38-45-23-31-50(82-13)32-24-45)47(39-89-60(55)73)25-18-41-14-16-42(17-15-41)34-74(9,10)35-46-26-33-52(83-36-43-19-27-48(80-11)28-20-43)57(53(46)68)84-37-44-21-29-49(81-12)30-22-44/h14-33,40,55,60H,34-39H2,1-13H3,(H-,69,70,71,75,79)/p+1/b25-18-,72-54-/t55-,60-/m1/s1. The van der Waals surface area contributed by atoms with Crippen LogP contribution in [0.3, 0.4) is 0 Å². The van der Waals surface area contributed by atoms with Gasteiger partial charge in [-0.2, -0.15) is 0 Å². The van der Waals surface area contributed by atoms with Crippen LogP contribution in [0.1, 0.15) is 94.5 Å². The van der Waals surface area contributed by atoms with E-state index in [0.29, 0.717) is 51.0 Å². The van der Waals surface area contributed by atoms with Gasteiger partial charge in [-0.1, -0.05) is 89.6 Å². The zero-order chi connectivity index (χ0) is 65.1. The third-order valence-corrected chi connectivity index (χ3v) is 16.2. The van der Waals surface area contributed by atoms with Gasteiger partial charge in [-0.25, -0.2) is 19.4 Å². The van der Waals surface area contributed by atoms with Crippen LogP contribution in [0.5, 0.6) is 28.7 Å². The molecule has 1 aromatic heterocycles. The van der Waals surface area contributed by atoms with Gasteiger partial charge in [0.2, 0.25) is 5.60 Å². The number of halogens is 1. The van der Waals surface area contributed by atoms with Crippen LogP contribution in [0.25, 0.3) is 6.08 Å². The number of hydrogen-bond acceptors (Lipinski definition) is 18. The van der Waals surface area contributed by atoms with Crippen molar-refractivity contribution >= 4 is 81.5 Å². The summed E-state index contributed by atoms with van der Waals surface area (Å²) < 4.78 is 46.1. The Kier molecular flexibility index (Phi) is 21.7. The number of thiazole rings is 1. The van der Waals surface area contributed by atoms with E-state index in [0.717, 1.165) is 50.7 Å². The van der Waals surface area contributed by atoms with Gasteiger partial charge in [0, 0.05) is 22.3 Å². The van der Waals surface area contributed by atoms with E-state index >= 15 is 0 Å². The van der Waals surface area contributed by atoms with Gasteiger partial charge in [-0.3, -0.25) is 19.8 Å². The molecule has 0 bridgehead atoms. The molecule has 0 radical (unpaired) electrons. The van der Waals surface area contributed by atoms with Crippen LogP contribution in [0.2, 0.25) is 5.02 Å². The Morgan fingerprint density at radius 1 is 0.711 bits per heavy atom. The molecule has 20 nitrogen and oxygen atoms in total. The van der Waals surface area contributed by atoms with Crippen LogP contribution in [0.4, 0.5) is 9.93 Å². The van der Waals surface area contributed by atoms with Gasteiger partial charge < -0.3 is 52.5 Å². The number of thioether (sulfide) groups is 1. The highest BCUT2D eigenvalue weighted by atomic mass is 35.5. The Bertz CT molecular complexity index is 3650. The molecule has 0 saturated carbocycles. The number of oxime groups is 1. The number of nitrogens with one attached hydrogen (secondary N) is 2. The first-order chi connectivity index (χ1) is 42.6. The lowest BCUT2D eigenvalue weighted by molar-refractivity contribution is -0.916. The quantitative estimate of drug-likeness (QED) is 0.0136. The number of esters is 2. The Balaban J connectivity index is 0.998. The summed E-state index contributed by atoms with van der Waals surface area (Å²) in [7, 11) is 9.05. The van der Waals surface area contributed by atoms with E-state index in [1.54, 1.807) is 93.2 Å². The summed E-state index contributed by atoms with van der Waals surface area (Å²) in [5, 5.41) is 10.6. The molecule has 1 saturated heterocycles. The second kappa shape index (κ2) is 28.9. The van der Waals surface area contributed by atoms with E-state index in [4.69, 9.17) is 54.3 Å². The molecule has 2 atom stereocenters. The molecule has 0 aliphatic carbocycles. The number of ether oxygens (including phenoxy) is 8. The van der Waals surface area contributed by atoms with Gasteiger partial charge in [0.05, 0.1) is 40.4 Å². The first-order valence-electron chi connectivity index (χ1n) is 28.8. The number of rotatable bonds is 25. The van der Waals surface area contributed by atoms with E-state index in [9.17, 15) is 24.0 Å². The van der Waals surface area contributed by atoms with Crippen LogP contribution >= 0.6 is 34.7 Å². The first kappa shape index (κ1) is 67.4. The zero-order valence-corrected chi connectivity index (χ0v) is 55.1. The first-order valence-corrected chi connectivity index (χ1v) is 31.1. The Hall–Kier alpha value is -8.57. The largest absolute Gasteiger partial charge is 0.497 e. The molecule has 3 heterocycles. The van der Waals surface area contributed by atoms with Gasteiger partial charge in [-0.15, -0.1) is 23.1 Å². The molecule has 2 aliphatic heterocycles. The number of β-lactam (4-membered cyclic amide) rings is 1. The molecule has 23 heteroatoms. The van der Waals surface area contributed by atoms with E-state index in [1.807, 2.05) is 91.0 Å². The van der Waals surface area contributed by atoms with Crippen LogP contribution in [-0.4, -0.2) is 119 Å². The highest BCUT2D eigenvalue weighted by Gasteiger charge is 2.55. The maximum Gasteiger partial charge on any atom is 0.413 e. The summed E-state index contributed by atoms with van der Waals surface area (Å²) in [6.45, 7) is 14.7. The lowest BCUT2D eigenvalue weighted by Crippen LogP contribution is -2.71. The Labute approximate surface area is 538 Å². The molecule has 1 fully saturated rings. The van der Waals surface area contributed by atoms with Gasteiger partial charge in [0.1, 0.15) is 84.2 Å². The highest BCUT2D eigenvalue weighted by molar-refractivity contribution is 8.00. The number of nitrogens with zero attached hydrogens (tertiary/aromatic N) is 4. The number of fused-ring (bicyclic) bond motifs is 1. The van der Waals surface area contributed by atoms with Crippen molar-refractivity contribution in [3.05, 3.63) is 176 Å². The van der Waals surface area contributed by atoms with Crippen LogP contribution in [0, 0.1) is 0 Å². The number of benzene rings is 5. The van der Waals surface area contributed by atoms with Gasteiger partial charge in [0.15, 0.2) is 22.3 Å². The summed E-state index contributed by atoms with van der Waals surface area (Å²) in [5.74, 6) is 0.326. The van der Waals surface area contributed by atoms with E-state index in [1.165, 1.54) is 35.9 Å². The van der Waals surface area contributed by atoms with Gasteiger partial charge >= 0.3 is 18.0 Å². The highest BCUT2D eigenvalue weighted by Crippen LogP contribution is 2.43. The lowest BCUT2D eigenvalue weighted by atomic mass is 10.0. The smallest absolute Gasteiger partial charge is 0.413 e. The van der Waals surface area contributed by atoms with Crippen molar-refractivity contribution in [2.75, 3.05) is 46.5 Å². The number of aromatic nitrogens is 1. The zero-order valence-electron chi connectivity index (χ0n) is 52.7. The van der Waals surface area contributed by atoms with Crippen molar-refractivity contribution in [2.24, 2.45) is 5.16 Å². The summed E-state index contributed by atoms with van der Waals surface area (Å²) in [5.41, 5.74) is 2.04. The molecule has 8 rings (SSSR count). The summed E-state index contributed by atoms with van der Waals surface area (Å²) in [6.07, 6.45) is 2.88. The molecule has 3 amide bonds. The minimum absolute atomic E-state index is 0.0214. The number of allylic oxidation sites excluding steroid dienone is 1. The fraction of sp³-hybridized carbons (Fsp3) is 0.358. The summed E-state index contributed by atoms with van der Waals surface area (Å²) in [4.78, 5) is 80.5. The molecule has 2 N–H and O–H groups in total. The molecule has 5 aromatic carbocycles. The van der Waals surface area contributed by atoms with Crippen molar-refractivity contribution in [3.63, 3.8) is 0 Å². The van der Waals surface area contributed by atoms with E-state index in [-0.39, 0.29) is 42.1 Å². The van der Waals surface area contributed by atoms with Gasteiger partial charge in [-0.05, 0) is 132 Å². The minimum atomic E-state index is -1.69. The number of anilines is 1. The third-order valence-electron chi connectivity index (χ3n) is 13.7. The van der Waals surface area contributed by atoms with Crippen molar-refractivity contribution in [1.29, 1.82) is 0 Å². The number of methoxy groups -OCH3 is 3. The van der Waals surface area contributed by atoms with E-state index < -0.39 is 63.8 Å². The predicted molar refractivity (Wildman–Crippen MR) is 345 cm³/mol. The fourth-order valence-corrected chi connectivity index (χ4v) is 11.5. The van der Waals surface area contributed by atoms with Crippen molar-refractivity contribution in [2.45, 2.75) is 117 Å². The predicted octanol–water partition coefficient (Wildman–Crippen LogP) is 12.1. The number of amides is 3. The SMILES string of the molecule is COc1ccc(COC(=O)C2=C(/C=C\c3ccc(C[N+](C)(C)Cc4ccc(OCc5ccc(OC)cc5)c(OCc5ccc(OC)cc5)c4Cl)cc3)CS[C@@H]3[C@H](NC(=O)/C(=N\OC(C)(C)C(=O)OC(C)(C)C)c4csc(NC(=O)OC(C)(C)C)n4)C(=O)N23)cc1. The Morgan fingerprint density at radius 2 is 1.27 bits per heavy atom. The summed E-state index contributed by atoms with van der Waals surface area (Å²) >= 11 is 9.56. The summed E-state index contributed by atoms with van der Waals surface area (Å²) in [6, 6.07) is 33.1. The molecule has 0 spiro atoms. The maximum atomic E-state index is 14.4. The lowest BCUT2D eigenvalue weighted by Gasteiger charge is -2.49.